The summed E-state index contributed by atoms with van der Waals surface area (Å²) in [7, 11) is 0. The second-order valence-corrected chi connectivity index (χ2v) is 8.13. The highest BCUT2D eigenvalue weighted by atomic mass is 32.1. The summed E-state index contributed by atoms with van der Waals surface area (Å²) < 4.78 is 2.30. The van der Waals surface area contributed by atoms with Crippen LogP contribution in [0.5, 0.6) is 0 Å². The number of anilines is 1. The van der Waals surface area contributed by atoms with Crippen molar-refractivity contribution in [3.05, 3.63) is 81.1 Å². The Hall–Kier alpha value is -2.70. The molecule has 0 saturated carbocycles. The predicted molar refractivity (Wildman–Crippen MR) is 113 cm³/mol. The van der Waals surface area contributed by atoms with Crippen molar-refractivity contribution in [2.24, 2.45) is 0 Å². The second kappa shape index (κ2) is 7.50. The number of benzene rings is 1. The van der Waals surface area contributed by atoms with E-state index in [-0.39, 0.29) is 5.91 Å². The summed E-state index contributed by atoms with van der Waals surface area (Å²) in [5.74, 6) is -0.111. The van der Waals surface area contributed by atoms with Gasteiger partial charge in [0, 0.05) is 28.9 Å². The van der Waals surface area contributed by atoms with E-state index in [1.807, 2.05) is 29.0 Å². The maximum Gasteiger partial charge on any atom is 0.267 e. The van der Waals surface area contributed by atoms with Crippen molar-refractivity contribution in [3.63, 3.8) is 0 Å². The molecule has 0 spiro atoms. The van der Waals surface area contributed by atoms with Gasteiger partial charge in [0.05, 0.1) is 10.6 Å². The van der Waals surface area contributed by atoms with Crippen LogP contribution in [0.3, 0.4) is 0 Å². The number of carbonyl (C=O) groups is 1. The molecule has 3 heterocycles. The molecule has 3 aromatic heterocycles. The lowest BCUT2D eigenvalue weighted by molar-refractivity contribution is 0.103. The number of hydrogen-bond donors (Lipinski definition) is 1. The molecule has 0 aliphatic heterocycles. The number of nitrogens with zero attached hydrogens (tertiary/aromatic N) is 2. The van der Waals surface area contributed by atoms with Crippen molar-refractivity contribution in [2.45, 2.75) is 20.4 Å². The zero-order valence-corrected chi connectivity index (χ0v) is 16.7. The zero-order valence-electron chi connectivity index (χ0n) is 15.1. The monoisotopic (exact) mass is 393 g/mol. The van der Waals surface area contributed by atoms with Gasteiger partial charge in [0.1, 0.15) is 0 Å². The quantitative estimate of drug-likeness (QED) is 0.480. The van der Waals surface area contributed by atoms with Crippen LogP contribution in [0.2, 0.25) is 0 Å². The van der Waals surface area contributed by atoms with E-state index in [0.29, 0.717) is 10.0 Å². The van der Waals surface area contributed by atoms with E-state index in [4.69, 9.17) is 0 Å². The summed E-state index contributed by atoms with van der Waals surface area (Å²) in [6.07, 6.45) is 0. The van der Waals surface area contributed by atoms with Gasteiger partial charge in [0.15, 0.2) is 5.13 Å². The first-order chi connectivity index (χ1) is 13.1. The fourth-order valence-corrected chi connectivity index (χ4v) is 4.42. The normalized spacial score (nSPS) is 10.9. The SMILES string of the molecule is Cc1cc(-c2csc(NC(=O)c3cccs3)n2)c(C)n1Cc1ccccc1. The fraction of sp³-hybridized carbons (Fsp3) is 0.143. The van der Waals surface area contributed by atoms with Gasteiger partial charge in [-0.05, 0) is 36.9 Å². The first-order valence-electron chi connectivity index (χ1n) is 8.63. The van der Waals surface area contributed by atoms with Crippen molar-refractivity contribution in [3.8, 4) is 11.3 Å². The van der Waals surface area contributed by atoms with Crippen molar-refractivity contribution in [2.75, 3.05) is 5.32 Å². The molecule has 1 amide bonds. The van der Waals surface area contributed by atoms with Crippen LogP contribution in [0, 0.1) is 13.8 Å². The van der Waals surface area contributed by atoms with Crippen molar-refractivity contribution >= 4 is 33.7 Å². The van der Waals surface area contributed by atoms with E-state index in [1.54, 1.807) is 0 Å². The third-order valence-electron chi connectivity index (χ3n) is 4.50. The third-order valence-corrected chi connectivity index (χ3v) is 6.13. The highest BCUT2D eigenvalue weighted by Crippen LogP contribution is 2.30. The van der Waals surface area contributed by atoms with Gasteiger partial charge in [-0.1, -0.05) is 36.4 Å². The van der Waals surface area contributed by atoms with E-state index < -0.39 is 0 Å². The summed E-state index contributed by atoms with van der Waals surface area (Å²) in [5.41, 5.74) is 5.65. The van der Waals surface area contributed by atoms with E-state index in [9.17, 15) is 4.79 Å². The second-order valence-electron chi connectivity index (χ2n) is 6.33. The molecule has 4 rings (SSSR count). The van der Waals surface area contributed by atoms with Gasteiger partial charge in [0.25, 0.3) is 5.91 Å². The van der Waals surface area contributed by atoms with Crippen LogP contribution in [-0.4, -0.2) is 15.5 Å². The summed E-state index contributed by atoms with van der Waals surface area (Å²) in [5, 5.41) is 7.40. The smallest absolute Gasteiger partial charge is 0.267 e. The molecule has 6 heteroatoms. The van der Waals surface area contributed by atoms with Crippen LogP contribution in [0.15, 0.2) is 59.3 Å². The topological polar surface area (TPSA) is 46.9 Å². The Morgan fingerprint density at radius 1 is 1.11 bits per heavy atom. The van der Waals surface area contributed by atoms with E-state index >= 15 is 0 Å². The molecule has 0 aliphatic carbocycles. The van der Waals surface area contributed by atoms with Crippen LogP contribution in [0.4, 0.5) is 5.13 Å². The van der Waals surface area contributed by atoms with E-state index in [0.717, 1.165) is 17.8 Å². The highest BCUT2D eigenvalue weighted by Gasteiger charge is 2.15. The fourth-order valence-electron chi connectivity index (χ4n) is 3.09. The summed E-state index contributed by atoms with van der Waals surface area (Å²) in [4.78, 5) is 17.5. The van der Waals surface area contributed by atoms with E-state index in [1.165, 1.54) is 39.6 Å². The molecule has 0 radical (unpaired) electrons. The van der Waals surface area contributed by atoms with Gasteiger partial charge in [-0.2, -0.15) is 0 Å². The molecule has 1 aromatic carbocycles. The molecule has 4 nitrogen and oxygen atoms in total. The summed E-state index contributed by atoms with van der Waals surface area (Å²) >= 11 is 2.87. The molecular weight excluding hydrogens is 374 g/mol. The lowest BCUT2D eigenvalue weighted by atomic mass is 10.2. The Morgan fingerprint density at radius 3 is 2.67 bits per heavy atom. The Bertz CT molecular complexity index is 1060. The van der Waals surface area contributed by atoms with Crippen molar-refractivity contribution in [1.29, 1.82) is 0 Å². The molecule has 0 aliphatic rings. The number of aryl methyl sites for hydroxylation is 1. The van der Waals surface area contributed by atoms with Crippen molar-refractivity contribution < 1.29 is 4.79 Å². The Labute approximate surface area is 166 Å². The predicted octanol–water partition coefficient (Wildman–Crippen LogP) is 5.59. The number of amides is 1. The number of thiazole rings is 1. The highest BCUT2D eigenvalue weighted by molar-refractivity contribution is 7.14. The minimum atomic E-state index is -0.111. The zero-order chi connectivity index (χ0) is 18.8. The first-order valence-corrected chi connectivity index (χ1v) is 10.4. The molecule has 1 N–H and O–H groups in total. The molecule has 4 aromatic rings. The number of thiophene rings is 1. The third kappa shape index (κ3) is 3.72. The van der Waals surface area contributed by atoms with Crippen LogP contribution >= 0.6 is 22.7 Å². The van der Waals surface area contributed by atoms with Gasteiger partial charge in [-0.3, -0.25) is 10.1 Å². The first kappa shape index (κ1) is 17.7. The minimum Gasteiger partial charge on any atom is -0.344 e. The van der Waals surface area contributed by atoms with E-state index in [2.05, 4.69) is 59.0 Å². The maximum atomic E-state index is 12.2. The van der Waals surface area contributed by atoms with Gasteiger partial charge < -0.3 is 4.57 Å². The summed E-state index contributed by atoms with van der Waals surface area (Å²) in [6, 6.07) is 16.3. The lowest BCUT2D eigenvalue weighted by Gasteiger charge is -2.09. The van der Waals surface area contributed by atoms with Crippen LogP contribution in [0.25, 0.3) is 11.3 Å². The molecular formula is C21H19N3OS2. The minimum absolute atomic E-state index is 0.111. The van der Waals surface area contributed by atoms with Crippen LogP contribution < -0.4 is 5.32 Å². The van der Waals surface area contributed by atoms with Gasteiger partial charge in [-0.15, -0.1) is 22.7 Å². The largest absolute Gasteiger partial charge is 0.344 e. The molecule has 0 unspecified atom stereocenters. The lowest BCUT2D eigenvalue weighted by Crippen LogP contribution is -2.09. The van der Waals surface area contributed by atoms with Crippen LogP contribution in [-0.2, 0) is 6.54 Å². The number of hydrogen-bond acceptors (Lipinski definition) is 4. The molecule has 0 bridgehead atoms. The number of rotatable bonds is 5. The number of nitrogens with one attached hydrogen (secondary N) is 1. The molecule has 0 fully saturated rings. The summed E-state index contributed by atoms with van der Waals surface area (Å²) in [6.45, 7) is 5.07. The number of carbonyl (C=O) groups excluding carboxylic acids is 1. The van der Waals surface area contributed by atoms with Crippen LogP contribution in [0.1, 0.15) is 26.6 Å². The average Bonchev–Trinajstić information content (AvgIpc) is 3.40. The van der Waals surface area contributed by atoms with Crippen molar-refractivity contribution in [1.82, 2.24) is 9.55 Å². The molecule has 27 heavy (non-hydrogen) atoms. The van der Waals surface area contributed by atoms with Gasteiger partial charge in [0.2, 0.25) is 0 Å². The average molecular weight is 394 g/mol. The Balaban J connectivity index is 1.57. The molecule has 0 saturated heterocycles. The molecule has 136 valence electrons. The Kier molecular flexibility index (Phi) is 4.92. The van der Waals surface area contributed by atoms with Gasteiger partial charge >= 0.3 is 0 Å². The standard InChI is InChI=1S/C21H19N3OS2/c1-14-11-17(15(2)24(14)12-16-7-4-3-5-8-16)18-13-27-21(22-18)23-20(25)19-9-6-10-26-19/h3-11,13H,12H2,1-2H3,(H,22,23,25). The number of aromatic nitrogens is 2. The van der Waals surface area contributed by atoms with Gasteiger partial charge in [-0.25, -0.2) is 4.98 Å². The molecule has 0 atom stereocenters. The maximum absolute atomic E-state index is 12.2. The Morgan fingerprint density at radius 2 is 1.93 bits per heavy atom.